The summed E-state index contributed by atoms with van der Waals surface area (Å²) in [5.74, 6) is 0.897. The minimum absolute atomic E-state index is 0.247. The quantitative estimate of drug-likeness (QED) is 0.779. The zero-order chi connectivity index (χ0) is 18.6. The predicted octanol–water partition coefficient (Wildman–Crippen LogP) is 2.30. The van der Waals surface area contributed by atoms with Crippen LogP contribution in [0.5, 0.6) is 0 Å². The summed E-state index contributed by atoms with van der Waals surface area (Å²) in [5, 5.41) is 4.14. The van der Waals surface area contributed by atoms with Crippen molar-refractivity contribution in [2.75, 3.05) is 43.6 Å². The Morgan fingerprint density at radius 1 is 1.33 bits per heavy atom. The van der Waals surface area contributed by atoms with Crippen LogP contribution in [0.4, 0.5) is 11.1 Å². The number of carbonyl (C=O) groups is 1. The largest absolute Gasteiger partial charge is 0.465 e. The summed E-state index contributed by atoms with van der Waals surface area (Å²) in [6.45, 7) is 3.32. The van der Waals surface area contributed by atoms with Crippen LogP contribution in [0.1, 0.15) is 40.5 Å². The normalized spacial score (nSPS) is 20.6. The molecule has 0 aliphatic carbocycles. The molecular formula is C18H23N5O3S. The third-order valence-electron chi connectivity index (χ3n) is 4.99. The van der Waals surface area contributed by atoms with Crippen LogP contribution in [0.15, 0.2) is 18.5 Å². The van der Waals surface area contributed by atoms with Crippen molar-refractivity contribution in [3.05, 3.63) is 29.0 Å². The SMILES string of the molecule is COC(=O)c1cnc(NC2CCN(c3nccc(C4CCOCC4)n3)C2)s1. The molecule has 9 heteroatoms. The number of methoxy groups -OCH3 is 1. The molecule has 1 N–H and O–H groups in total. The Labute approximate surface area is 161 Å². The third-order valence-corrected chi connectivity index (χ3v) is 5.90. The van der Waals surface area contributed by atoms with E-state index in [-0.39, 0.29) is 12.0 Å². The van der Waals surface area contributed by atoms with Gasteiger partial charge in [-0.15, -0.1) is 0 Å². The van der Waals surface area contributed by atoms with E-state index in [2.05, 4.69) is 20.2 Å². The smallest absolute Gasteiger partial charge is 0.349 e. The lowest BCUT2D eigenvalue weighted by Gasteiger charge is -2.23. The number of nitrogens with zero attached hydrogens (tertiary/aromatic N) is 4. The second-order valence-electron chi connectivity index (χ2n) is 6.77. The number of esters is 1. The van der Waals surface area contributed by atoms with Crippen molar-refractivity contribution >= 4 is 28.4 Å². The lowest BCUT2D eigenvalue weighted by Crippen LogP contribution is -2.27. The standard InChI is InChI=1S/C18H23N5O3S/c1-25-16(24)15-10-20-18(27-15)21-13-3-7-23(11-13)17-19-6-2-14(22-17)12-4-8-26-9-5-12/h2,6,10,12-13H,3-5,7-9,11H2,1H3,(H,20,21). The highest BCUT2D eigenvalue weighted by Gasteiger charge is 2.26. The lowest BCUT2D eigenvalue weighted by atomic mass is 9.96. The Bertz CT molecular complexity index is 793. The summed E-state index contributed by atoms with van der Waals surface area (Å²) < 4.78 is 10.2. The van der Waals surface area contributed by atoms with Crippen LogP contribution in [0.25, 0.3) is 0 Å². The van der Waals surface area contributed by atoms with Crippen molar-refractivity contribution in [3.8, 4) is 0 Å². The summed E-state index contributed by atoms with van der Waals surface area (Å²) in [7, 11) is 1.37. The maximum absolute atomic E-state index is 11.6. The van der Waals surface area contributed by atoms with Gasteiger partial charge in [0, 0.05) is 50.2 Å². The van der Waals surface area contributed by atoms with Crippen molar-refractivity contribution in [3.63, 3.8) is 0 Å². The van der Waals surface area contributed by atoms with Gasteiger partial charge in [-0.05, 0) is 25.3 Å². The molecule has 0 aromatic carbocycles. The molecule has 1 atom stereocenters. The number of ether oxygens (including phenoxy) is 2. The molecule has 2 aromatic heterocycles. The summed E-state index contributed by atoms with van der Waals surface area (Å²) in [4.78, 5) is 27.8. The van der Waals surface area contributed by atoms with E-state index in [0.29, 0.717) is 10.8 Å². The van der Waals surface area contributed by atoms with E-state index in [1.807, 2.05) is 12.3 Å². The summed E-state index contributed by atoms with van der Waals surface area (Å²) in [5.41, 5.74) is 1.11. The molecule has 0 radical (unpaired) electrons. The third kappa shape index (κ3) is 4.19. The molecule has 4 rings (SSSR count). The second kappa shape index (κ2) is 8.18. The van der Waals surface area contributed by atoms with Crippen LogP contribution in [0, 0.1) is 0 Å². The van der Waals surface area contributed by atoms with Gasteiger partial charge in [-0.2, -0.15) is 0 Å². The molecule has 2 aromatic rings. The van der Waals surface area contributed by atoms with E-state index in [4.69, 9.17) is 14.5 Å². The van der Waals surface area contributed by atoms with Gasteiger partial charge in [0.1, 0.15) is 4.88 Å². The predicted molar refractivity (Wildman–Crippen MR) is 103 cm³/mol. The molecule has 0 amide bonds. The first kappa shape index (κ1) is 18.1. The van der Waals surface area contributed by atoms with Gasteiger partial charge >= 0.3 is 5.97 Å². The molecule has 0 bridgehead atoms. The van der Waals surface area contributed by atoms with Gasteiger partial charge in [-0.1, -0.05) is 11.3 Å². The Kier molecular flexibility index (Phi) is 5.49. The maximum atomic E-state index is 11.6. The van der Waals surface area contributed by atoms with Crippen LogP contribution in [0.3, 0.4) is 0 Å². The van der Waals surface area contributed by atoms with Gasteiger partial charge in [0.05, 0.1) is 13.3 Å². The molecule has 27 heavy (non-hydrogen) atoms. The Hall–Kier alpha value is -2.26. The first-order valence-electron chi connectivity index (χ1n) is 9.19. The summed E-state index contributed by atoms with van der Waals surface area (Å²) in [6.07, 6.45) is 6.42. The van der Waals surface area contributed by atoms with Gasteiger partial charge in [0.2, 0.25) is 5.95 Å². The highest BCUT2D eigenvalue weighted by molar-refractivity contribution is 7.17. The van der Waals surface area contributed by atoms with Crippen LogP contribution < -0.4 is 10.2 Å². The Morgan fingerprint density at radius 3 is 3.00 bits per heavy atom. The van der Waals surface area contributed by atoms with Crippen LogP contribution in [0.2, 0.25) is 0 Å². The van der Waals surface area contributed by atoms with Gasteiger partial charge in [-0.25, -0.2) is 19.7 Å². The first-order valence-corrected chi connectivity index (χ1v) is 10.0. The van der Waals surface area contributed by atoms with E-state index in [0.717, 1.165) is 62.3 Å². The fraction of sp³-hybridized carbons (Fsp3) is 0.556. The molecule has 2 aliphatic rings. The van der Waals surface area contributed by atoms with E-state index >= 15 is 0 Å². The molecule has 2 aliphatic heterocycles. The molecule has 1 unspecified atom stereocenters. The Morgan fingerprint density at radius 2 is 2.19 bits per heavy atom. The van der Waals surface area contributed by atoms with E-state index in [1.165, 1.54) is 18.4 Å². The van der Waals surface area contributed by atoms with E-state index in [1.54, 1.807) is 6.20 Å². The minimum atomic E-state index is -0.355. The molecule has 4 heterocycles. The fourth-order valence-electron chi connectivity index (χ4n) is 3.51. The van der Waals surface area contributed by atoms with E-state index in [9.17, 15) is 4.79 Å². The topological polar surface area (TPSA) is 89.5 Å². The molecule has 0 spiro atoms. The number of thiazole rings is 1. The van der Waals surface area contributed by atoms with Gasteiger partial charge < -0.3 is 19.7 Å². The van der Waals surface area contributed by atoms with Gasteiger partial charge in [-0.3, -0.25) is 0 Å². The van der Waals surface area contributed by atoms with Crippen molar-refractivity contribution < 1.29 is 14.3 Å². The Balaban J connectivity index is 1.38. The summed E-state index contributed by atoms with van der Waals surface area (Å²) >= 11 is 1.31. The monoisotopic (exact) mass is 389 g/mol. The number of carbonyl (C=O) groups excluding carboxylic acids is 1. The summed E-state index contributed by atoms with van der Waals surface area (Å²) in [6, 6.07) is 2.27. The molecular weight excluding hydrogens is 366 g/mol. The second-order valence-corrected chi connectivity index (χ2v) is 7.80. The van der Waals surface area contributed by atoms with Crippen molar-refractivity contribution in [1.82, 2.24) is 15.0 Å². The van der Waals surface area contributed by atoms with Gasteiger partial charge in [0.25, 0.3) is 0 Å². The number of hydrogen-bond donors (Lipinski definition) is 1. The van der Waals surface area contributed by atoms with Crippen LogP contribution in [-0.4, -0.2) is 60.4 Å². The zero-order valence-corrected chi connectivity index (χ0v) is 16.1. The van der Waals surface area contributed by atoms with Gasteiger partial charge in [0.15, 0.2) is 5.13 Å². The van der Waals surface area contributed by atoms with Crippen molar-refractivity contribution in [1.29, 1.82) is 0 Å². The average Bonchev–Trinajstić information content (AvgIpc) is 3.38. The van der Waals surface area contributed by atoms with Crippen LogP contribution in [-0.2, 0) is 9.47 Å². The highest BCUT2D eigenvalue weighted by atomic mass is 32.1. The number of hydrogen-bond acceptors (Lipinski definition) is 9. The molecule has 0 saturated carbocycles. The minimum Gasteiger partial charge on any atom is -0.465 e. The van der Waals surface area contributed by atoms with Crippen molar-refractivity contribution in [2.24, 2.45) is 0 Å². The fourth-order valence-corrected chi connectivity index (χ4v) is 4.32. The number of aromatic nitrogens is 3. The van der Waals surface area contributed by atoms with Crippen LogP contribution >= 0.6 is 11.3 Å². The molecule has 8 nitrogen and oxygen atoms in total. The number of anilines is 2. The first-order chi connectivity index (χ1) is 13.2. The molecule has 144 valence electrons. The number of nitrogens with one attached hydrogen (secondary N) is 1. The highest BCUT2D eigenvalue weighted by Crippen LogP contribution is 2.27. The zero-order valence-electron chi connectivity index (χ0n) is 15.3. The maximum Gasteiger partial charge on any atom is 0.349 e. The molecule has 2 fully saturated rings. The van der Waals surface area contributed by atoms with E-state index < -0.39 is 0 Å². The van der Waals surface area contributed by atoms with Crippen molar-refractivity contribution in [2.45, 2.75) is 31.2 Å². The number of rotatable bonds is 5. The average molecular weight is 389 g/mol. The molecule has 2 saturated heterocycles. The lowest BCUT2D eigenvalue weighted by molar-refractivity contribution is 0.0606.